The predicted molar refractivity (Wildman–Crippen MR) is 43.2 cm³/mol. The molecule has 1 aromatic heterocycles. The normalized spacial score (nSPS) is 14.2. The Labute approximate surface area is 69.4 Å². The molecule has 1 rings (SSSR count). The molecule has 1 heterocycles. The zero-order valence-electron chi connectivity index (χ0n) is 6.16. The Hall–Kier alpha value is -0.740. The molecule has 0 spiro atoms. The van der Waals surface area contributed by atoms with Crippen LogP contribution in [0.5, 0.6) is 0 Å². The highest BCUT2D eigenvalue weighted by Crippen LogP contribution is 2.47. The summed E-state index contributed by atoms with van der Waals surface area (Å²) < 4.78 is 10.7. The highest BCUT2D eigenvalue weighted by Gasteiger charge is 2.26. The van der Waals surface area contributed by atoms with Crippen molar-refractivity contribution in [2.24, 2.45) is 5.73 Å². The van der Waals surface area contributed by atoms with Gasteiger partial charge in [0.1, 0.15) is 0 Å². The van der Waals surface area contributed by atoms with Crippen LogP contribution in [0.3, 0.4) is 0 Å². The first-order valence-electron chi connectivity index (χ1n) is 3.23. The van der Waals surface area contributed by atoms with Crippen molar-refractivity contribution in [3.8, 4) is 0 Å². The fraction of sp³-hybridized carbons (Fsp3) is 0.167. The van der Waals surface area contributed by atoms with Gasteiger partial charge in [-0.2, -0.15) is 0 Å². The smallest absolute Gasteiger partial charge is 0.323 e. The lowest BCUT2D eigenvalue weighted by atomic mass is 10.3. The lowest BCUT2D eigenvalue weighted by Crippen LogP contribution is -2.11. The van der Waals surface area contributed by atoms with Crippen LogP contribution in [-0.2, 0) is 4.57 Å². The highest BCUT2D eigenvalue weighted by molar-refractivity contribution is 7.52. The van der Waals surface area contributed by atoms with Crippen LogP contribution < -0.4 is 5.73 Å². The van der Waals surface area contributed by atoms with Gasteiger partial charge in [0.2, 0.25) is 0 Å². The number of pyridine rings is 1. The molecule has 0 radical (unpaired) electrons. The van der Waals surface area contributed by atoms with Crippen molar-refractivity contribution in [2.45, 2.75) is 5.78 Å². The third-order valence-electron chi connectivity index (χ3n) is 1.35. The fourth-order valence-electron chi connectivity index (χ4n) is 0.723. The quantitative estimate of drug-likeness (QED) is 0.576. The van der Waals surface area contributed by atoms with E-state index in [1.807, 2.05) is 0 Å². The lowest BCUT2D eigenvalue weighted by molar-refractivity contribution is 0.358. The molecule has 0 aliphatic heterocycles. The van der Waals surface area contributed by atoms with Gasteiger partial charge in [0.15, 0.2) is 5.78 Å². The number of hydrogen-bond donors (Lipinski definition) is 3. The summed E-state index contributed by atoms with van der Waals surface area (Å²) in [5.41, 5.74) is 5.45. The van der Waals surface area contributed by atoms with Crippen molar-refractivity contribution in [1.82, 2.24) is 4.98 Å². The first-order chi connectivity index (χ1) is 5.52. The molecule has 0 aromatic carbocycles. The minimum absolute atomic E-state index is 0.200. The molecule has 0 saturated heterocycles. The molecule has 12 heavy (non-hydrogen) atoms. The van der Waals surface area contributed by atoms with Crippen LogP contribution in [0.2, 0.25) is 0 Å². The van der Waals surface area contributed by atoms with E-state index < -0.39 is 13.4 Å². The van der Waals surface area contributed by atoms with E-state index in [1.165, 1.54) is 12.3 Å². The second kappa shape index (κ2) is 3.33. The van der Waals surface area contributed by atoms with E-state index in [9.17, 15) is 4.57 Å². The Kier molecular flexibility index (Phi) is 2.59. The van der Waals surface area contributed by atoms with E-state index in [4.69, 9.17) is 15.5 Å². The SMILES string of the molecule is N[C@H](c1ccccn1)P(=O)(O)O. The Morgan fingerprint density at radius 3 is 2.58 bits per heavy atom. The summed E-state index contributed by atoms with van der Waals surface area (Å²) in [6.07, 6.45) is 1.44. The molecule has 5 nitrogen and oxygen atoms in total. The number of nitrogens with zero attached hydrogens (tertiary/aromatic N) is 1. The highest BCUT2D eigenvalue weighted by atomic mass is 31.2. The van der Waals surface area contributed by atoms with Gasteiger partial charge in [-0.1, -0.05) is 6.07 Å². The maximum absolute atomic E-state index is 10.7. The van der Waals surface area contributed by atoms with Gasteiger partial charge in [-0.3, -0.25) is 9.55 Å². The van der Waals surface area contributed by atoms with Gasteiger partial charge in [0.25, 0.3) is 0 Å². The molecule has 0 saturated carbocycles. The Morgan fingerprint density at radius 1 is 1.50 bits per heavy atom. The van der Waals surface area contributed by atoms with Gasteiger partial charge < -0.3 is 15.5 Å². The number of hydrogen-bond acceptors (Lipinski definition) is 3. The van der Waals surface area contributed by atoms with Gasteiger partial charge in [-0.05, 0) is 12.1 Å². The van der Waals surface area contributed by atoms with Crippen LogP contribution in [0.25, 0.3) is 0 Å². The van der Waals surface area contributed by atoms with E-state index in [1.54, 1.807) is 12.1 Å². The van der Waals surface area contributed by atoms with E-state index in [0.717, 1.165) is 0 Å². The molecule has 0 aliphatic rings. The van der Waals surface area contributed by atoms with E-state index in [2.05, 4.69) is 4.98 Å². The molecule has 0 amide bonds. The van der Waals surface area contributed by atoms with Gasteiger partial charge >= 0.3 is 7.60 Å². The van der Waals surface area contributed by atoms with Crippen LogP contribution >= 0.6 is 7.60 Å². The van der Waals surface area contributed by atoms with Gasteiger partial charge in [0, 0.05) is 6.20 Å². The molecule has 0 fully saturated rings. The molecule has 66 valence electrons. The number of nitrogens with two attached hydrogens (primary N) is 1. The van der Waals surface area contributed by atoms with E-state index in [0.29, 0.717) is 0 Å². The zero-order valence-corrected chi connectivity index (χ0v) is 7.06. The molecule has 4 N–H and O–H groups in total. The van der Waals surface area contributed by atoms with Crippen molar-refractivity contribution in [3.63, 3.8) is 0 Å². The minimum Gasteiger partial charge on any atom is -0.323 e. The van der Waals surface area contributed by atoms with E-state index >= 15 is 0 Å². The second-order valence-electron chi connectivity index (χ2n) is 2.29. The second-order valence-corrected chi connectivity index (χ2v) is 4.02. The van der Waals surface area contributed by atoms with Crippen molar-refractivity contribution >= 4 is 7.60 Å². The predicted octanol–water partition coefficient (Wildman–Crippen LogP) is 0.217. The molecular weight excluding hydrogens is 179 g/mol. The minimum atomic E-state index is -4.26. The molecule has 0 bridgehead atoms. The molecule has 0 unspecified atom stereocenters. The summed E-state index contributed by atoms with van der Waals surface area (Å²) >= 11 is 0. The first-order valence-corrected chi connectivity index (χ1v) is 4.91. The average molecular weight is 188 g/mol. The van der Waals surface area contributed by atoms with Crippen LogP contribution in [0.4, 0.5) is 0 Å². The van der Waals surface area contributed by atoms with Gasteiger partial charge in [0.05, 0.1) is 5.69 Å². The van der Waals surface area contributed by atoms with Crippen LogP contribution in [0, 0.1) is 0 Å². The summed E-state index contributed by atoms with van der Waals surface area (Å²) in [5, 5.41) is 0. The molecule has 1 atom stereocenters. The topological polar surface area (TPSA) is 96.4 Å². The summed E-state index contributed by atoms with van der Waals surface area (Å²) in [5.74, 6) is -1.32. The third-order valence-corrected chi connectivity index (χ3v) is 2.34. The Bertz CT molecular complexity index is 297. The fourth-order valence-corrected chi connectivity index (χ4v) is 1.22. The van der Waals surface area contributed by atoms with Gasteiger partial charge in [-0.25, -0.2) is 0 Å². The average Bonchev–Trinajstić information content (AvgIpc) is 2.03. The Morgan fingerprint density at radius 2 is 2.17 bits per heavy atom. The summed E-state index contributed by atoms with van der Waals surface area (Å²) in [6.45, 7) is 0. The largest absolute Gasteiger partial charge is 0.348 e. The monoisotopic (exact) mass is 188 g/mol. The first kappa shape index (κ1) is 9.35. The van der Waals surface area contributed by atoms with Gasteiger partial charge in [-0.15, -0.1) is 0 Å². The molecule has 0 aliphatic carbocycles. The number of rotatable bonds is 2. The summed E-state index contributed by atoms with van der Waals surface area (Å²) in [6, 6.07) is 4.75. The van der Waals surface area contributed by atoms with Crippen molar-refractivity contribution in [3.05, 3.63) is 30.1 Å². The Balaban J connectivity index is 2.94. The number of aromatic nitrogens is 1. The van der Waals surface area contributed by atoms with Crippen molar-refractivity contribution in [2.75, 3.05) is 0 Å². The maximum Gasteiger partial charge on any atom is 0.348 e. The lowest BCUT2D eigenvalue weighted by Gasteiger charge is -2.11. The molecule has 6 heteroatoms. The maximum atomic E-state index is 10.7. The molecular formula is C6H9N2O3P. The van der Waals surface area contributed by atoms with Crippen LogP contribution in [0.1, 0.15) is 11.5 Å². The van der Waals surface area contributed by atoms with Crippen LogP contribution in [0.15, 0.2) is 24.4 Å². The zero-order chi connectivity index (χ0) is 9.19. The van der Waals surface area contributed by atoms with Crippen molar-refractivity contribution < 1.29 is 14.4 Å². The summed E-state index contributed by atoms with van der Waals surface area (Å²) in [4.78, 5) is 21.1. The molecule has 1 aromatic rings. The standard InChI is InChI=1S/C6H9N2O3P/c7-6(12(9,10)11)5-3-1-2-4-8-5/h1-4,6H,7H2,(H2,9,10,11)/t6-/m0/s1. The van der Waals surface area contributed by atoms with Crippen molar-refractivity contribution in [1.29, 1.82) is 0 Å². The summed E-state index contributed by atoms with van der Waals surface area (Å²) in [7, 11) is -4.26. The van der Waals surface area contributed by atoms with Crippen LogP contribution in [-0.4, -0.2) is 14.8 Å². The van der Waals surface area contributed by atoms with E-state index in [-0.39, 0.29) is 5.69 Å². The third kappa shape index (κ3) is 2.12.